The van der Waals surface area contributed by atoms with Crippen molar-refractivity contribution in [3.63, 3.8) is 0 Å². The number of aryl methyl sites for hydroxylation is 1. The van der Waals surface area contributed by atoms with E-state index in [0.717, 1.165) is 37.6 Å². The van der Waals surface area contributed by atoms with Crippen LogP contribution in [0.15, 0.2) is 54.7 Å². The van der Waals surface area contributed by atoms with Crippen LogP contribution in [0.5, 0.6) is 0 Å². The van der Waals surface area contributed by atoms with Crippen molar-refractivity contribution in [3.8, 4) is 0 Å². The molecular formula is C23H24F2N4O. The second kappa shape index (κ2) is 8.75. The molecule has 0 saturated carbocycles. The number of aromatic nitrogens is 2. The third-order valence-electron chi connectivity index (χ3n) is 5.61. The Bertz CT molecular complexity index is 1040. The maximum absolute atomic E-state index is 13.9. The number of anilines is 1. The Hall–Kier alpha value is -3.06. The Kier molecular flexibility index (Phi) is 5.90. The Labute approximate surface area is 174 Å². The van der Waals surface area contributed by atoms with Crippen LogP contribution in [0.1, 0.15) is 40.4 Å². The minimum atomic E-state index is -0.561. The van der Waals surface area contributed by atoms with Crippen LogP contribution in [0.25, 0.3) is 0 Å². The highest BCUT2D eigenvalue weighted by Crippen LogP contribution is 2.27. The van der Waals surface area contributed by atoms with Gasteiger partial charge in [0.25, 0.3) is 5.91 Å². The van der Waals surface area contributed by atoms with Crippen LogP contribution in [0.2, 0.25) is 0 Å². The first-order valence-electron chi connectivity index (χ1n) is 10.1. The summed E-state index contributed by atoms with van der Waals surface area (Å²) in [6, 6.07) is 13.1. The molecule has 1 aromatic heterocycles. The van der Waals surface area contributed by atoms with Crippen molar-refractivity contribution in [2.45, 2.75) is 32.4 Å². The number of nitrogens with one attached hydrogen (secondary N) is 1. The number of nitrogens with zero attached hydrogens (tertiary/aromatic N) is 3. The predicted octanol–water partition coefficient (Wildman–Crippen LogP) is 4.56. The lowest BCUT2D eigenvalue weighted by molar-refractivity contribution is 0.102. The smallest absolute Gasteiger partial charge is 0.257 e. The number of hydrogen-bond acceptors (Lipinski definition) is 3. The van der Waals surface area contributed by atoms with Crippen LogP contribution in [0.4, 0.5) is 14.6 Å². The number of benzene rings is 2. The average Bonchev–Trinajstić information content (AvgIpc) is 3.19. The van der Waals surface area contributed by atoms with Gasteiger partial charge in [-0.1, -0.05) is 24.3 Å². The Morgan fingerprint density at radius 1 is 1.13 bits per heavy atom. The summed E-state index contributed by atoms with van der Waals surface area (Å²) in [7, 11) is 0. The molecule has 0 bridgehead atoms. The number of carbonyl (C=O) groups is 1. The molecule has 2 heterocycles. The standard InChI is InChI=1S/C23H24F2N4O/c1-16-4-2-3-5-20(16)23(30)27-22-8-11-26-29(22)19-9-12-28(13-10-19)15-17-6-7-18(24)14-21(17)25/h2-8,11,14,19H,9-10,12-13,15H2,1H3,(H,27,30). The molecule has 0 atom stereocenters. The van der Waals surface area contributed by atoms with Crippen LogP contribution in [-0.2, 0) is 6.54 Å². The van der Waals surface area contributed by atoms with E-state index >= 15 is 0 Å². The fraction of sp³-hybridized carbons (Fsp3) is 0.304. The molecule has 0 spiro atoms. The number of hydrogen-bond donors (Lipinski definition) is 1. The highest BCUT2D eigenvalue weighted by atomic mass is 19.1. The van der Waals surface area contributed by atoms with E-state index in [4.69, 9.17) is 0 Å². The Morgan fingerprint density at radius 2 is 1.90 bits per heavy atom. The van der Waals surface area contributed by atoms with Crippen LogP contribution < -0.4 is 5.32 Å². The van der Waals surface area contributed by atoms with Crippen LogP contribution in [-0.4, -0.2) is 33.7 Å². The van der Waals surface area contributed by atoms with E-state index in [0.29, 0.717) is 23.5 Å². The third kappa shape index (κ3) is 4.41. The fourth-order valence-corrected chi connectivity index (χ4v) is 3.93. The monoisotopic (exact) mass is 410 g/mol. The van der Waals surface area contributed by atoms with Crippen molar-refractivity contribution in [2.75, 3.05) is 18.4 Å². The van der Waals surface area contributed by atoms with Gasteiger partial charge in [-0.2, -0.15) is 5.10 Å². The van der Waals surface area contributed by atoms with Crippen LogP contribution >= 0.6 is 0 Å². The SMILES string of the molecule is Cc1ccccc1C(=O)Nc1ccnn1C1CCN(Cc2ccc(F)cc2F)CC1. The zero-order valence-corrected chi connectivity index (χ0v) is 16.8. The van der Waals surface area contributed by atoms with E-state index < -0.39 is 11.6 Å². The number of likely N-dealkylation sites (tertiary alicyclic amines) is 1. The number of carbonyl (C=O) groups excluding carboxylic acids is 1. The summed E-state index contributed by atoms with van der Waals surface area (Å²) in [6.07, 6.45) is 3.35. The van der Waals surface area contributed by atoms with E-state index in [1.807, 2.05) is 29.8 Å². The maximum Gasteiger partial charge on any atom is 0.257 e. The summed E-state index contributed by atoms with van der Waals surface area (Å²) in [5, 5.41) is 7.40. The molecule has 0 unspecified atom stereocenters. The quantitative estimate of drug-likeness (QED) is 0.671. The van der Waals surface area contributed by atoms with Gasteiger partial charge < -0.3 is 5.32 Å². The Morgan fingerprint density at radius 3 is 2.63 bits per heavy atom. The first-order valence-corrected chi connectivity index (χ1v) is 10.1. The average molecular weight is 410 g/mol. The summed E-state index contributed by atoms with van der Waals surface area (Å²) in [6.45, 7) is 3.90. The molecule has 156 valence electrons. The molecule has 0 radical (unpaired) electrons. The molecular weight excluding hydrogens is 386 g/mol. The first kappa shape index (κ1) is 20.2. The van der Waals surface area contributed by atoms with Crippen molar-refractivity contribution in [1.29, 1.82) is 0 Å². The van der Waals surface area contributed by atoms with E-state index in [9.17, 15) is 13.6 Å². The molecule has 0 aliphatic carbocycles. The van der Waals surface area contributed by atoms with Gasteiger partial charge in [-0.15, -0.1) is 0 Å². The largest absolute Gasteiger partial charge is 0.307 e. The molecule has 1 aliphatic heterocycles. The lowest BCUT2D eigenvalue weighted by atomic mass is 10.0. The first-order chi connectivity index (χ1) is 14.5. The predicted molar refractivity (Wildman–Crippen MR) is 111 cm³/mol. The normalized spacial score (nSPS) is 15.3. The summed E-state index contributed by atoms with van der Waals surface area (Å²) in [4.78, 5) is 14.8. The van der Waals surface area contributed by atoms with Crippen molar-refractivity contribution in [3.05, 3.63) is 83.1 Å². The molecule has 1 N–H and O–H groups in total. The molecule has 3 aromatic rings. The van der Waals surface area contributed by atoms with Crippen LogP contribution in [0.3, 0.4) is 0 Å². The van der Waals surface area contributed by atoms with E-state index in [1.165, 1.54) is 12.1 Å². The lowest BCUT2D eigenvalue weighted by Crippen LogP contribution is -2.35. The van der Waals surface area contributed by atoms with E-state index in [1.54, 1.807) is 18.3 Å². The molecule has 1 saturated heterocycles. The zero-order valence-electron chi connectivity index (χ0n) is 16.8. The van der Waals surface area contributed by atoms with Gasteiger partial charge >= 0.3 is 0 Å². The molecule has 1 aliphatic rings. The molecule has 30 heavy (non-hydrogen) atoms. The summed E-state index contributed by atoms with van der Waals surface area (Å²) < 4.78 is 28.9. The van der Waals surface area contributed by atoms with Crippen molar-refractivity contribution >= 4 is 11.7 Å². The van der Waals surface area contributed by atoms with Gasteiger partial charge in [0.1, 0.15) is 17.5 Å². The molecule has 7 heteroatoms. The molecule has 1 fully saturated rings. The van der Waals surface area contributed by atoms with Gasteiger partial charge in [0, 0.05) is 42.9 Å². The highest BCUT2D eigenvalue weighted by Gasteiger charge is 2.24. The summed E-state index contributed by atoms with van der Waals surface area (Å²) in [5.41, 5.74) is 2.06. The van der Waals surface area contributed by atoms with Gasteiger partial charge in [-0.05, 0) is 37.5 Å². The van der Waals surface area contributed by atoms with Crippen molar-refractivity contribution < 1.29 is 13.6 Å². The van der Waals surface area contributed by atoms with E-state index in [-0.39, 0.29) is 11.9 Å². The van der Waals surface area contributed by atoms with Crippen molar-refractivity contribution in [1.82, 2.24) is 14.7 Å². The van der Waals surface area contributed by atoms with Crippen molar-refractivity contribution in [2.24, 2.45) is 0 Å². The third-order valence-corrected chi connectivity index (χ3v) is 5.61. The molecule has 2 aromatic carbocycles. The number of piperidine rings is 1. The van der Waals surface area contributed by atoms with Gasteiger partial charge in [-0.3, -0.25) is 9.69 Å². The zero-order chi connectivity index (χ0) is 21.1. The van der Waals surface area contributed by atoms with Gasteiger partial charge in [0.15, 0.2) is 0 Å². The second-order valence-corrected chi connectivity index (χ2v) is 7.67. The van der Waals surface area contributed by atoms with Gasteiger partial charge in [0.2, 0.25) is 0 Å². The summed E-state index contributed by atoms with van der Waals surface area (Å²) >= 11 is 0. The second-order valence-electron chi connectivity index (χ2n) is 7.67. The topological polar surface area (TPSA) is 50.2 Å². The molecule has 4 rings (SSSR count). The number of rotatable bonds is 5. The molecule has 1 amide bonds. The van der Waals surface area contributed by atoms with Gasteiger partial charge in [-0.25, -0.2) is 13.5 Å². The van der Waals surface area contributed by atoms with Crippen LogP contribution in [0, 0.1) is 18.6 Å². The lowest BCUT2D eigenvalue weighted by Gasteiger charge is -2.32. The highest BCUT2D eigenvalue weighted by molar-refractivity contribution is 6.04. The van der Waals surface area contributed by atoms with E-state index in [2.05, 4.69) is 15.3 Å². The summed E-state index contributed by atoms with van der Waals surface area (Å²) in [5.74, 6) is -0.551. The molecule has 5 nitrogen and oxygen atoms in total. The Balaban J connectivity index is 1.38. The minimum absolute atomic E-state index is 0.154. The number of amides is 1. The maximum atomic E-state index is 13.9. The minimum Gasteiger partial charge on any atom is -0.307 e. The fourth-order valence-electron chi connectivity index (χ4n) is 3.93. The number of halogens is 2. The van der Waals surface area contributed by atoms with Gasteiger partial charge in [0.05, 0.1) is 12.2 Å².